The number of hydrogen-bond acceptors (Lipinski definition) is 2. The van der Waals surface area contributed by atoms with Crippen LogP contribution in [0.5, 0.6) is 0 Å². The zero-order valence-electron chi connectivity index (χ0n) is 17.0. The van der Waals surface area contributed by atoms with Crippen LogP contribution in [0.15, 0.2) is 24.5 Å². The van der Waals surface area contributed by atoms with E-state index in [1.54, 1.807) is 6.20 Å². The standard InChI is InChI=1S/C23H38N2O/c1-20(2)13-9-7-5-3-4-6-8-10-16-23(26)25-18-12-15-22(25)21-14-11-17-24-19-21/h11,14,17,19-20,22H,3-10,12-13,15-16,18H2,1-2H3. The van der Waals surface area contributed by atoms with Gasteiger partial charge in [0.05, 0.1) is 6.04 Å². The number of nitrogens with zero attached hydrogens (tertiary/aromatic N) is 2. The molecule has 2 heterocycles. The van der Waals surface area contributed by atoms with Gasteiger partial charge in [-0.2, -0.15) is 0 Å². The van der Waals surface area contributed by atoms with Crippen molar-refractivity contribution in [2.24, 2.45) is 5.92 Å². The molecule has 26 heavy (non-hydrogen) atoms. The summed E-state index contributed by atoms with van der Waals surface area (Å²) in [5, 5.41) is 0. The molecule has 0 spiro atoms. The van der Waals surface area contributed by atoms with Gasteiger partial charge < -0.3 is 4.90 Å². The zero-order chi connectivity index (χ0) is 18.6. The molecule has 0 bridgehead atoms. The molecular formula is C23H38N2O. The Morgan fingerprint density at radius 3 is 2.46 bits per heavy atom. The molecule has 1 saturated heterocycles. The van der Waals surface area contributed by atoms with Gasteiger partial charge in [0.15, 0.2) is 0 Å². The molecule has 0 aromatic carbocycles. The number of aromatic nitrogens is 1. The maximum Gasteiger partial charge on any atom is 0.223 e. The molecule has 1 unspecified atom stereocenters. The highest BCUT2D eigenvalue weighted by atomic mass is 16.2. The third-order valence-electron chi connectivity index (χ3n) is 5.56. The fourth-order valence-corrected chi connectivity index (χ4v) is 4.02. The van der Waals surface area contributed by atoms with E-state index in [-0.39, 0.29) is 6.04 Å². The Balaban J connectivity index is 1.53. The summed E-state index contributed by atoms with van der Waals surface area (Å²) in [5.41, 5.74) is 1.19. The summed E-state index contributed by atoms with van der Waals surface area (Å²) in [6.45, 7) is 5.53. The number of likely N-dealkylation sites (tertiary alicyclic amines) is 1. The van der Waals surface area contributed by atoms with Gasteiger partial charge >= 0.3 is 0 Å². The van der Waals surface area contributed by atoms with E-state index in [1.165, 1.54) is 56.9 Å². The predicted molar refractivity (Wildman–Crippen MR) is 109 cm³/mol. The van der Waals surface area contributed by atoms with Crippen LogP contribution >= 0.6 is 0 Å². The summed E-state index contributed by atoms with van der Waals surface area (Å²) < 4.78 is 0. The first-order valence-electron chi connectivity index (χ1n) is 10.9. The predicted octanol–water partition coefficient (Wildman–Crippen LogP) is 6.30. The van der Waals surface area contributed by atoms with E-state index < -0.39 is 0 Å². The van der Waals surface area contributed by atoms with Crippen LogP contribution in [0.2, 0.25) is 0 Å². The Morgan fingerprint density at radius 1 is 1.12 bits per heavy atom. The average molecular weight is 359 g/mol. The lowest BCUT2D eigenvalue weighted by atomic mass is 10.0. The van der Waals surface area contributed by atoms with Gasteiger partial charge in [0.25, 0.3) is 0 Å². The SMILES string of the molecule is CC(C)CCCCCCCCCCC(=O)N1CCCC1c1cccnc1. The molecular weight excluding hydrogens is 320 g/mol. The minimum Gasteiger partial charge on any atom is -0.336 e. The number of carbonyl (C=O) groups is 1. The number of hydrogen-bond donors (Lipinski definition) is 0. The van der Waals surface area contributed by atoms with Gasteiger partial charge in [-0.1, -0.05) is 71.3 Å². The van der Waals surface area contributed by atoms with Crippen molar-refractivity contribution in [1.29, 1.82) is 0 Å². The molecule has 3 heteroatoms. The second-order valence-electron chi connectivity index (χ2n) is 8.29. The second kappa shape index (κ2) is 12.1. The molecule has 3 nitrogen and oxygen atoms in total. The highest BCUT2D eigenvalue weighted by Crippen LogP contribution is 2.32. The van der Waals surface area contributed by atoms with Gasteiger partial charge in [0.2, 0.25) is 5.91 Å². The van der Waals surface area contributed by atoms with Crippen molar-refractivity contribution in [3.8, 4) is 0 Å². The van der Waals surface area contributed by atoms with E-state index in [9.17, 15) is 4.79 Å². The summed E-state index contributed by atoms with van der Waals surface area (Å²) in [6.07, 6.45) is 18.4. The van der Waals surface area contributed by atoms with Crippen LogP contribution < -0.4 is 0 Å². The van der Waals surface area contributed by atoms with E-state index in [4.69, 9.17) is 0 Å². The molecule has 0 N–H and O–H groups in total. The topological polar surface area (TPSA) is 33.2 Å². The van der Waals surface area contributed by atoms with Crippen LogP contribution in [0.3, 0.4) is 0 Å². The number of carbonyl (C=O) groups excluding carboxylic acids is 1. The quantitative estimate of drug-likeness (QED) is 0.411. The molecule has 1 amide bonds. The van der Waals surface area contributed by atoms with Crippen molar-refractivity contribution >= 4 is 5.91 Å². The van der Waals surface area contributed by atoms with E-state index in [0.717, 1.165) is 31.7 Å². The van der Waals surface area contributed by atoms with Gasteiger partial charge in [-0.3, -0.25) is 9.78 Å². The van der Waals surface area contributed by atoms with Crippen LogP contribution in [-0.2, 0) is 4.79 Å². The van der Waals surface area contributed by atoms with Crippen molar-refractivity contribution in [1.82, 2.24) is 9.88 Å². The molecule has 1 atom stereocenters. The second-order valence-corrected chi connectivity index (χ2v) is 8.29. The highest BCUT2D eigenvalue weighted by Gasteiger charge is 2.29. The minimum atomic E-state index is 0.252. The Hall–Kier alpha value is -1.38. The third kappa shape index (κ3) is 7.47. The van der Waals surface area contributed by atoms with Crippen molar-refractivity contribution in [3.05, 3.63) is 30.1 Å². The van der Waals surface area contributed by atoms with E-state index >= 15 is 0 Å². The number of unbranched alkanes of at least 4 members (excludes halogenated alkanes) is 7. The fourth-order valence-electron chi connectivity index (χ4n) is 4.02. The molecule has 0 aliphatic carbocycles. The monoisotopic (exact) mass is 358 g/mol. The molecule has 0 radical (unpaired) electrons. The maximum atomic E-state index is 12.6. The zero-order valence-corrected chi connectivity index (χ0v) is 17.0. The van der Waals surface area contributed by atoms with Crippen molar-refractivity contribution in [3.63, 3.8) is 0 Å². The lowest BCUT2D eigenvalue weighted by Crippen LogP contribution is -2.30. The normalized spacial score (nSPS) is 17.2. The molecule has 1 aromatic rings. The molecule has 1 aliphatic rings. The first-order chi connectivity index (χ1) is 12.7. The lowest BCUT2D eigenvalue weighted by molar-refractivity contribution is -0.132. The first-order valence-corrected chi connectivity index (χ1v) is 10.9. The molecule has 0 saturated carbocycles. The third-order valence-corrected chi connectivity index (χ3v) is 5.56. The Kier molecular flexibility index (Phi) is 9.73. The number of amides is 1. The van der Waals surface area contributed by atoms with Crippen LogP contribution in [0, 0.1) is 5.92 Å². The Labute approximate surface area is 160 Å². The van der Waals surface area contributed by atoms with Crippen molar-refractivity contribution in [2.45, 2.75) is 96.9 Å². The smallest absolute Gasteiger partial charge is 0.223 e. The summed E-state index contributed by atoms with van der Waals surface area (Å²) >= 11 is 0. The summed E-state index contributed by atoms with van der Waals surface area (Å²) in [5.74, 6) is 1.19. The molecule has 1 aliphatic heterocycles. The summed E-state index contributed by atoms with van der Waals surface area (Å²) in [4.78, 5) is 18.9. The largest absolute Gasteiger partial charge is 0.336 e. The molecule has 2 rings (SSSR count). The van der Waals surface area contributed by atoms with Crippen LogP contribution in [0.25, 0.3) is 0 Å². The molecule has 1 fully saturated rings. The van der Waals surface area contributed by atoms with Gasteiger partial charge in [-0.25, -0.2) is 0 Å². The fraction of sp³-hybridized carbons (Fsp3) is 0.739. The van der Waals surface area contributed by atoms with E-state index in [0.29, 0.717) is 12.3 Å². The highest BCUT2D eigenvalue weighted by molar-refractivity contribution is 5.77. The molecule has 146 valence electrons. The van der Waals surface area contributed by atoms with Gasteiger partial charge in [0.1, 0.15) is 0 Å². The lowest BCUT2D eigenvalue weighted by Gasteiger charge is -2.25. The summed E-state index contributed by atoms with van der Waals surface area (Å²) in [7, 11) is 0. The number of pyridine rings is 1. The van der Waals surface area contributed by atoms with Crippen LogP contribution in [0.1, 0.15) is 103 Å². The van der Waals surface area contributed by atoms with Crippen LogP contribution in [0.4, 0.5) is 0 Å². The van der Waals surface area contributed by atoms with Gasteiger partial charge in [-0.05, 0) is 36.8 Å². The average Bonchev–Trinajstić information content (AvgIpc) is 3.13. The van der Waals surface area contributed by atoms with Gasteiger partial charge in [-0.15, -0.1) is 0 Å². The first kappa shape index (κ1) is 20.9. The van der Waals surface area contributed by atoms with Crippen LogP contribution in [-0.4, -0.2) is 22.3 Å². The van der Waals surface area contributed by atoms with Gasteiger partial charge in [0, 0.05) is 25.4 Å². The Bertz CT molecular complexity index is 500. The maximum absolute atomic E-state index is 12.6. The summed E-state index contributed by atoms with van der Waals surface area (Å²) in [6, 6.07) is 4.32. The van der Waals surface area contributed by atoms with Crippen molar-refractivity contribution in [2.75, 3.05) is 6.54 Å². The minimum absolute atomic E-state index is 0.252. The molecule has 1 aromatic heterocycles. The van der Waals surface area contributed by atoms with E-state index in [1.807, 2.05) is 12.3 Å². The Morgan fingerprint density at radius 2 is 1.81 bits per heavy atom. The van der Waals surface area contributed by atoms with Crippen molar-refractivity contribution < 1.29 is 4.79 Å². The number of rotatable bonds is 12. The van der Waals surface area contributed by atoms with E-state index in [2.05, 4.69) is 29.8 Å².